The van der Waals surface area contributed by atoms with Gasteiger partial charge in [0.2, 0.25) is 5.91 Å². The van der Waals surface area contributed by atoms with Crippen molar-refractivity contribution < 1.29 is 14.4 Å². The van der Waals surface area contributed by atoms with E-state index in [1.807, 2.05) is 18.7 Å². The van der Waals surface area contributed by atoms with Gasteiger partial charge in [-0.3, -0.25) is 19.3 Å². The fourth-order valence-corrected chi connectivity index (χ4v) is 3.62. The molecule has 9 nitrogen and oxygen atoms in total. The van der Waals surface area contributed by atoms with Crippen molar-refractivity contribution in [2.24, 2.45) is 0 Å². The largest absolute Gasteiger partial charge is 0.336 e. The van der Waals surface area contributed by atoms with Crippen LogP contribution in [0.4, 0.5) is 0 Å². The molecular formula is C21H28N6O3. The summed E-state index contributed by atoms with van der Waals surface area (Å²) in [6, 6.07) is 7.03. The number of imide groups is 1. The van der Waals surface area contributed by atoms with Crippen molar-refractivity contribution in [3.63, 3.8) is 0 Å². The number of aromatic nitrogens is 4. The first-order valence-corrected chi connectivity index (χ1v) is 10.4. The standard InChI is InChI=1S/C21H28N6O3/c1-5-14(3)27(15(4)6-2)19(28)13-26-23-18(22-24-26)11-12-25-20(29)16-9-7-8-10-17(16)21(25)30/h7-10,14-15H,5-6,11-13H2,1-4H3/t14-,15-/m1/s1. The molecule has 0 radical (unpaired) electrons. The zero-order valence-electron chi connectivity index (χ0n) is 17.9. The van der Waals surface area contributed by atoms with Crippen molar-refractivity contribution in [1.29, 1.82) is 0 Å². The van der Waals surface area contributed by atoms with Gasteiger partial charge in [0.05, 0.1) is 11.1 Å². The maximum atomic E-state index is 12.8. The summed E-state index contributed by atoms with van der Waals surface area (Å²) >= 11 is 0. The molecule has 160 valence electrons. The van der Waals surface area contributed by atoms with E-state index < -0.39 is 0 Å². The van der Waals surface area contributed by atoms with Crippen molar-refractivity contribution in [2.75, 3.05) is 6.54 Å². The molecule has 30 heavy (non-hydrogen) atoms. The molecule has 9 heteroatoms. The smallest absolute Gasteiger partial charge is 0.261 e. The Morgan fingerprint density at radius 3 is 2.13 bits per heavy atom. The third-order valence-electron chi connectivity index (χ3n) is 5.63. The zero-order valence-corrected chi connectivity index (χ0v) is 17.9. The molecule has 1 aliphatic heterocycles. The van der Waals surface area contributed by atoms with Crippen molar-refractivity contribution >= 4 is 17.7 Å². The van der Waals surface area contributed by atoms with Crippen LogP contribution in [0.5, 0.6) is 0 Å². The van der Waals surface area contributed by atoms with Crippen LogP contribution in [0.15, 0.2) is 24.3 Å². The quantitative estimate of drug-likeness (QED) is 0.584. The van der Waals surface area contributed by atoms with Gasteiger partial charge in [-0.2, -0.15) is 4.80 Å². The van der Waals surface area contributed by atoms with E-state index in [2.05, 4.69) is 29.3 Å². The minimum atomic E-state index is -0.309. The van der Waals surface area contributed by atoms with Gasteiger partial charge in [-0.15, -0.1) is 10.2 Å². The number of amides is 3. The lowest BCUT2D eigenvalue weighted by molar-refractivity contribution is -0.136. The summed E-state index contributed by atoms with van der Waals surface area (Å²) in [5, 5.41) is 12.2. The van der Waals surface area contributed by atoms with Gasteiger partial charge in [0.25, 0.3) is 11.8 Å². The summed E-state index contributed by atoms with van der Waals surface area (Å²) in [4.78, 5) is 42.0. The Kier molecular flexibility index (Phi) is 6.59. The summed E-state index contributed by atoms with van der Waals surface area (Å²) in [5.41, 5.74) is 0.833. The molecule has 0 aliphatic carbocycles. The Morgan fingerprint density at radius 2 is 1.60 bits per heavy atom. The average Bonchev–Trinajstić information content (AvgIpc) is 3.29. The third kappa shape index (κ3) is 4.24. The molecule has 0 unspecified atom stereocenters. The van der Waals surface area contributed by atoms with Crippen LogP contribution in [0, 0.1) is 0 Å². The highest BCUT2D eigenvalue weighted by Gasteiger charge is 2.35. The lowest BCUT2D eigenvalue weighted by atomic mass is 10.1. The van der Waals surface area contributed by atoms with Gasteiger partial charge in [0.1, 0.15) is 6.54 Å². The molecular weight excluding hydrogens is 384 g/mol. The Hall–Kier alpha value is -3.10. The van der Waals surface area contributed by atoms with E-state index in [0.29, 0.717) is 17.0 Å². The van der Waals surface area contributed by atoms with E-state index >= 15 is 0 Å². The van der Waals surface area contributed by atoms with Crippen molar-refractivity contribution in [1.82, 2.24) is 30.0 Å². The molecule has 1 aromatic heterocycles. The van der Waals surface area contributed by atoms with Gasteiger partial charge >= 0.3 is 0 Å². The number of nitrogens with zero attached hydrogens (tertiary/aromatic N) is 6. The van der Waals surface area contributed by atoms with Crippen molar-refractivity contribution in [2.45, 2.75) is 65.6 Å². The van der Waals surface area contributed by atoms with Crippen molar-refractivity contribution in [3.05, 3.63) is 41.2 Å². The van der Waals surface area contributed by atoms with Gasteiger partial charge in [0, 0.05) is 25.0 Å². The molecule has 3 rings (SSSR count). The molecule has 0 spiro atoms. The van der Waals surface area contributed by atoms with E-state index in [0.717, 1.165) is 12.8 Å². The minimum Gasteiger partial charge on any atom is -0.336 e. The monoisotopic (exact) mass is 412 g/mol. The van der Waals surface area contributed by atoms with E-state index in [4.69, 9.17) is 0 Å². The van der Waals surface area contributed by atoms with Gasteiger partial charge in [0.15, 0.2) is 5.82 Å². The average molecular weight is 412 g/mol. The molecule has 0 saturated carbocycles. The maximum Gasteiger partial charge on any atom is 0.261 e. The number of hydrogen-bond acceptors (Lipinski definition) is 6. The van der Waals surface area contributed by atoms with Gasteiger partial charge in [-0.05, 0) is 44.0 Å². The molecule has 2 atom stereocenters. The van der Waals surface area contributed by atoms with Crippen LogP contribution in [0.25, 0.3) is 0 Å². The fraction of sp³-hybridized carbons (Fsp3) is 0.524. The van der Waals surface area contributed by atoms with E-state index in [1.54, 1.807) is 24.3 Å². The predicted molar refractivity (Wildman–Crippen MR) is 110 cm³/mol. The van der Waals surface area contributed by atoms with Crippen LogP contribution in [-0.2, 0) is 17.8 Å². The zero-order chi connectivity index (χ0) is 21.8. The first-order chi connectivity index (χ1) is 14.4. The lowest BCUT2D eigenvalue weighted by Gasteiger charge is -2.33. The highest BCUT2D eigenvalue weighted by atomic mass is 16.2. The van der Waals surface area contributed by atoms with E-state index in [9.17, 15) is 14.4 Å². The van der Waals surface area contributed by atoms with E-state index in [-0.39, 0.29) is 49.3 Å². The lowest BCUT2D eigenvalue weighted by Crippen LogP contribution is -2.46. The fourth-order valence-electron chi connectivity index (χ4n) is 3.62. The Balaban J connectivity index is 1.61. The number of tetrazole rings is 1. The third-order valence-corrected chi connectivity index (χ3v) is 5.63. The van der Waals surface area contributed by atoms with Crippen LogP contribution < -0.4 is 0 Å². The highest BCUT2D eigenvalue weighted by Crippen LogP contribution is 2.22. The number of benzene rings is 1. The topological polar surface area (TPSA) is 101 Å². The van der Waals surface area contributed by atoms with Crippen LogP contribution in [0.2, 0.25) is 0 Å². The molecule has 0 saturated heterocycles. The molecule has 0 bridgehead atoms. The molecule has 3 amide bonds. The second-order valence-corrected chi connectivity index (χ2v) is 7.61. The first kappa shape index (κ1) is 21.6. The van der Waals surface area contributed by atoms with Gasteiger partial charge in [-0.25, -0.2) is 0 Å². The molecule has 1 aliphatic rings. The summed E-state index contributed by atoms with van der Waals surface area (Å²) in [6.07, 6.45) is 2.01. The molecule has 2 aromatic rings. The second-order valence-electron chi connectivity index (χ2n) is 7.61. The number of fused-ring (bicyclic) bond motifs is 1. The number of carbonyl (C=O) groups is 3. The summed E-state index contributed by atoms with van der Waals surface area (Å²) < 4.78 is 0. The van der Waals surface area contributed by atoms with Crippen LogP contribution >= 0.6 is 0 Å². The number of carbonyl (C=O) groups excluding carboxylic acids is 3. The Morgan fingerprint density at radius 1 is 1.03 bits per heavy atom. The molecule has 0 fully saturated rings. The van der Waals surface area contributed by atoms with Crippen LogP contribution in [0.3, 0.4) is 0 Å². The highest BCUT2D eigenvalue weighted by molar-refractivity contribution is 6.21. The van der Waals surface area contributed by atoms with Crippen LogP contribution in [0.1, 0.15) is 67.1 Å². The SMILES string of the molecule is CC[C@@H](C)N(C(=O)Cn1nnc(CCN2C(=O)c3ccccc3C2=O)n1)[C@H](C)CC. The van der Waals surface area contributed by atoms with E-state index in [1.165, 1.54) is 9.70 Å². The second kappa shape index (κ2) is 9.15. The minimum absolute atomic E-state index is 0.00863. The Labute approximate surface area is 176 Å². The molecule has 0 N–H and O–H groups in total. The number of rotatable bonds is 9. The number of hydrogen-bond donors (Lipinski definition) is 0. The van der Waals surface area contributed by atoms with Crippen molar-refractivity contribution in [3.8, 4) is 0 Å². The maximum absolute atomic E-state index is 12.8. The Bertz CT molecular complexity index is 895. The van der Waals surface area contributed by atoms with Gasteiger partial charge < -0.3 is 4.90 Å². The summed E-state index contributed by atoms with van der Waals surface area (Å²) in [6.45, 7) is 8.35. The molecule has 2 heterocycles. The summed E-state index contributed by atoms with van der Waals surface area (Å²) in [7, 11) is 0. The normalized spacial score (nSPS) is 15.3. The predicted octanol–water partition coefficient (Wildman–Crippen LogP) is 1.94. The molecule has 1 aromatic carbocycles. The van der Waals surface area contributed by atoms with Crippen LogP contribution in [-0.4, -0.2) is 66.4 Å². The first-order valence-electron chi connectivity index (χ1n) is 10.4. The summed E-state index contributed by atoms with van der Waals surface area (Å²) in [5.74, 6) is -0.284. The van der Waals surface area contributed by atoms with Gasteiger partial charge in [-0.1, -0.05) is 26.0 Å².